The average molecular weight is 450 g/mol. The first-order valence-electron chi connectivity index (χ1n) is 11.8. The van der Waals surface area contributed by atoms with Gasteiger partial charge in [-0.1, -0.05) is 26.0 Å². The lowest BCUT2D eigenvalue weighted by molar-refractivity contribution is -0.151. The van der Waals surface area contributed by atoms with Crippen LogP contribution in [0.25, 0.3) is 10.9 Å². The average Bonchev–Trinajstić information content (AvgIpc) is 3.04. The van der Waals surface area contributed by atoms with Crippen LogP contribution in [0, 0.1) is 19.8 Å². The highest BCUT2D eigenvalue weighted by molar-refractivity contribution is 5.82. The van der Waals surface area contributed by atoms with E-state index in [1.165, 1.54) is 11.3 Å². The normalized spacial score (nSPS) is 17.1. The molecule has 0 radical (unpaired) electrons. The number of nitrogens with zero attached hydrogens (tertiary/aromatic N) is 5. The van der Waals surface area contributed by atoms with Gasteiger partial charge in [0, 0.05) is 62.6 Å². The summed E-state index contributed by atoms with van der Waals surface area (Å²) >= 11 is 0. The lowest BCUT2D eigenvalue weighted by atomic mass is 10.1. The van der Waals surface area contributed by atoms with Crippen LogP contribution in [0.15, 0.2) is 36.5 Å². The molecule has 33 heavy (non-hydrogen) atoms. The first-order chi connectivity index (χ1) is 15.8. The molecule has 0 saturated carbocycles. The molecule has 4 rings (SSSR count). The van der Waals surface area contributed by atoms with Gasteiger partial charge in [0.1, 0.15) is 6.10 Å². The molecular weight excluding hydrogens is 414 g/mol. The van der Waals surface area contributed by atoms with Crippen LogP contribution in [0.3, 0.4) is 0 Å². The number of pyridine rings is 1. The molecule has 1 fully saturated rings. The third-order valence-corrected chi connectivity index (χ3v) is 6.40. The number of morpholine rings is 1. The summed E-state index contributed by atoms with van der Waals surface area (Å²) < 4.78 is 7.91. The topological polar surface area (TPSA) is 63.5 Å². The van der Waals surface area contributed by atoms with E-state index in [1.807, 2.05) is 28.8 Å². The van der Waals surface area contributed by atoms with Crippen molar-refractivity contribution in [2.24, 2.45) is 13.0 Å². The van der Waals surface area contributed by atoms with Gasteiger partial charge in [-0.05, 0) is 43.5 Å². The standard InChI is InChI=1S/C26H35N5O2/c1-18(2)14-31(15-21-8-9-24-22(13-21)7-6-10-27-24)26(32)25-17-30(11-12-33-25)16-23-19(3)28-29(5)20(23)4/h6-10,13,18,25H,11-12,14-17H2,1-5H3/t25-/m1/s1. The zero-order chi connectivity index (χ0) is 23.5. The third-order valence-electron chi connectivity index (χ3n) is 6.40. The summed E-state index contributed by atoms with van der Waals surface area (Å²) in [6.07, 6.45) is 1.36. The number of carbonyl (C=O) groups is 1. The van der Waals surface area contributed by atoms with E-state index in [-0.39, 0.29) is 5.91 Å². The summed E-state index contributed by atoms with van der Waals surface area (Å²) in [6, 6.07) is 10.2. The zero-order valence-electron chi connectivity index (χ0n) is 20.4. The van der Waals surface area contributed by atoms with E-state index in [0.717, 1.165) is 35.2 Å². The minimum absolute atomic E-state index is 0.0688. The van der Waals surface area contributed by atoms with Crippen molar-refractivity contribution in [1.29, 1.82) is 0 Å². The van der Waals surface area contributed by atoms with Crippen molar-refractivity contribution in [3.05, 3.63) is 59.0 Å². The quantitative estimate of drug-likeness (QED) is 0.553. The highest BCUT2D eigenvalue weighted by Gasteiger charge is 2.31. The molecule has 7 heteroatoms. The van der Waals surface area contributed by atoms with Gasteiger partial charge in [-0.3, -0.25) is 19.4 Å². The van der Waals surface area contributed by atoms with Crippen LogP contribution in [-0.2, 0) is 29.7 Å². The van der Waals surface area contributed by atoms with Crippen LogP contribution in [0.5, 0.6) is 0 Å². The predicted octanol–water partition coefficient (Wildman–Crippen LogP) is 3.47. The maximum Gasteiger partial charge on any atom is 0.253 e. The first kappa shape index (κ1) is 23.4. The number of aromatic nitrogens is 3. The Labute approximate surface area is 196 Å². The summed E-state index contributed by atoms with van der Waals surface area (Å²) in [4.78, 5) is 22.3. The van der Waals surface area contributed by atoms with Crippen LogP contribution in [-0.4, -0.2) is 62.8 Å². The number of rotatable bonds is 7. The Kier molecular flexibility index (Phi) is 7.10. The minimum Gasteiger partial charge on any atom is -0.366 e. The van der Waals surface area contributed by atoms with E-state index in [0.29, 0.717) is 32.2 Å². The fourth-order valence-corrected chi connectivity index (χ4v) is 4.59. The van der Waals surface area contributed by atoms with Crippen LogP contribution < -0.4 is 0 Å². The Bertz CT molecular complexity index is 1120. The second-order valence-corrected chi connectivity index (χ2v) is 9.51. The van der Waals surface area contributed by atoms with Crippen molar-refractivity contribution < 1.29 is 9.53 Å². The van der Waals surface area contributed by atoms with Crippen molar-refractivity contribution in [2.75, 3.05) is 26.2 Å². The van der Waals surface area contributed by atoms with Crippen molar-refractivity contribution in [3.8, 4) is 0 Å². The van der Waals surface area contributed by atoms with Crippen LogP contribution >= 0.6 is 0 Å². The molecule has 1 saturated heterocycles. The molecule has 3 aromatic rings. The van der Waals surface area contributed by atoms with E-state index in [9.17, 15) is 4.79 Å². The molecule has 0 aliphatic carbocycles. The van der Waals surface area contributed by atoms with Crippen molar-refractivity contribution >= 4 is 16.8 Å². The number of aryl methyl sites for hydroxylation is 2. The Morgan fingerprint density at radius 1 is 1.27 bits per heavy atom. The smallest absolute Gasteiger partial charge is 0.253 e. The van der Waals surface area contributed by atoms with Gasteiger partial charge in [-0.15, -0.1) is 0 Å². The minimum atomic E-state index is -0.447. The summed E-state index contributed by atoms with van der Waals surface area (Å²) in [5, 5.41) is 5.63. The lowest BCUT2D eigenvalue weighted by Crippen LogP contribution is -2.51. The fraction of sp³-hybridized carbons (Fsp3) is 0.500. The summed E-state index contributed by atoms with van der Waals surface area (Å²) in [5.74, 6) is 0.441. The molecule has 0 spiro atoms. The molecule has 2 aromatic heterocycles. The highest BCUT2D eigenvalue weighted by atomic mass is 16.5. The van der Waals surface area contributed by atoms with E-state index in [2.05, 4.69) is 60.9 Å². The number of ether oxygens (including phenoxy) is 1. The molecule has 3 heterocycles. The molecule has 1 amide bonds. The van der Waals surface area contributed by atoms with Crippen molar-refractivity contribution in [3.63, 3.8) is 0 Å². The Morgan fingerprint density at radius 3 is 2.82 bits per heavy atom. The number of benzene rings is 1. The van der Waals surface area contributed by atoms with E-state index < -0.39 is 6.10 Å². The Balaban J connectivity index is 1.48. The molecule has 1 aliphatic rings. The van der Waals surface area contributed by atoms with Crippen LogP contribution in [0.1, 0.15) is 36.4 Å². The van der Waals surface area contributed by atoms with Gasteiger partial charge < -0.3 is 9.64 Å². The number of fused-ring (bicyclic) bond motifs is 1. The van der Waals surface area contributed by atoms with Gasteiger partial charge in [0.25, 0.3) is 5.91 Å². The van der Waals surface area contributed by atoms with Gasteiger partial charge in [0.15, 0.2) is 0 Å². The molecule has 1 aliphatic heterocycles. The SMILES string of the molecule is Cc1nn(C)c(C)c1CN1CCO[C@@H](C(=O)N(Cc2ccc3ncccc3c2)CC(C)C)C1. The van der Waals surface area contributed by atoms with Gasteiger partial charge >= 0.3 is 0 Å². The maximum absolute atomic E-state index is 13.6. The molecule has 1 atom stereocenters. The van der Waals surface area contributed by atoms with E-state index >= 15 is 0 Å². The molecule has 1 aromatic carbocycles. The number of amides is 1. The van der Waals surface area contributed by atoms with E-state index in [1.54, 1.807) is 6.20 Å². The summed E-state index contributed by atoms with van der Waals surface area (Å²) in [7, 11) is 1.98. The van der Waals surface area contributed by atoms with E-state index in [4.69, 9.17) is 4.74 Å². The fourth-order valence-electron chi connectivity index (χ4n) is 4.59. The number of hydrogen-bond acceptors (Lipinski definition) is 5. The molecule has 0 N–H and O–H groups in total. The summed E-state index contributed by atoms with van der Waals surface area (Å²) in [6.45, 7) is 12.5. The highest BCUT2D eigenvalue weighted by Crippen LogP contribution is 2.20. The monoisotopic (exact) mass is 449 g/mol. The molecular formula is C26H35N5O2. The maximum atomic E-state index is 13.6. The Hall–Kier alpha value is -2.77. The Morgan fingerprint density at radius 2 is 2.09 bits per heavy atom. The van der Waals surface area contributed by atoms with Crippen LogP contribution in [0.2, 0.25) is 0 Å². The number of hydrogen-bond donors (Lipinski definition) is 0. The van der Waals surface area contributed by atoms with Crippen molar-refractivity contribution in [2.45, 2.75) is 46.9 Å². The number of carbonyl (C=O) groups excluding carboxylic acids is 1. The van der Waals surface area contributed by atoms with Crippen molar-refractivity contribution in [1.82, 2.24) is 24.6 Å². The predicted molar refractivity (Wildman–Crippen MR) is 130 cm³/mol. The van der Waals surface area contributed by atoms with Gasteiger partial charge in [-0.2, -0.15) is 5.10 Å². The second-order valence-electron chi connectivity index (χ2n) is 9.51. The largest absolute Gasteiger partial charge is 0.366 e. The molecule has 7 nitrogen and oxygen atoms in total. The second kappa shape index (κ2) is 10.0. The molecule has 176 valence electrons. The summed E-state index contributed by atoms with van der Waals surface area (Å²) in [5.41, 5.74) is 5.55. The van der Waals surface area contributed by atoms with Gasteiger partial charge in [-0.25, -0.2) is 0 Å². The van der Waals surface area contributed by atoms with Gasteiger partial charge in [0.05, 0.1) is 17.8 Å². The van der Waals surface area contributed by atoms with Gasteiger partial charge in [0.2, 0.25) is 0 Å². The third kappa shape index (κ3) is 5.42. The lowest BCUT2D eigenvalue weighted by Gasteiger charge is -2.35. The van der Waals surface area contributed by atoms with Crippen LogP contribution in [0.4, 0.5) is 0 Å². The zero-order valence-corrected chi connectivity index (χ0v) is 20.4. The first-order valence-corrected chi connectivity index (χ1v) is 11.8. The molecule has 0 unspecified atom stereocenters. The molecule has 0 bridgehead atoms.